The van der Waals surface area contributed by atoms with Crippen molar-refractivity contribution in [3.63, 3.8) is 0 Å². The number of nitrogens with zero attached hydrogens (tertiary/aromatic N) is 4. The molecule has 2 aromatic rings. The quantitative estimate of drug-likeness (QED) is 0.567. The summed E-state index contributed by atoms with van der Waals surface area (Å²) in [4.78, 5) is 38.1. The van der Waals surface area contributed by atoms with Gasteiger partial charge in [-0.15, -0.1) is 0 Å². The minimum atomic E-state index is -0.465. The number of hydrogen-bond acceptors (Lipinski definition) is 4. The van der Waals surface area contributed by atoms with Crippen molar-refractivity contribution in [2.45, 2.75) is 0 Å². The number of hydrogen-bond donors (Lipinski definition) is 0. The molecule has 0 aliphatic carbocycles. The zero-order chi connectivity index (χ0) is 12.0. The molecular weight excluding hydrogens is 212 g/mol. The molecule has 0 atom stereocenters. The predicted molar refractivity (Wildman–Crippen MR) is 56.6 cm³/mol. The first-order valence-corrected chi connectivity index (χ1v) is 4.56. The molecule has 0 spiro atoms. The summed E-state index contributed by atoms with van der Waals surface area (Å²) in [5.74, 6) is 0.119. The molecule has 0 radical (unpaired) electrons. The molecule has 7 heteroatoms. The van der Waals surface area contributed by atoms with Crippen molar-refractivity contribution >= 4 is 17.5 Å². The third-order valence-corrected chi connectivity index (χ3v) is 2.62. The van der Waals surface area contributed by atoms with Crippen molar-refractivity contribution < 1.29 is 4.79 Å². The lowest BCUT2D eigenvalue weighted by Crippen LogP contribution is -2.37. The van der Waals surface area contributed by atoms with Crippen LogP contribution in [0.2, 0.25) is 0 Å². The van der Waals surface area contributed by atoms with E-state index >= 15 is 0 Å². The van der Waals surface area contributed by atoms with Gasteiger partial charge in [-0.25, -0.2) is 9.78 Å². The molecule has 0 bridgehead atoms. The van der Waals surface area contributed by atoms with Gasteiger partial charge in [-0.05, 0) is 0 Å². The number of fused-ring (bicyclic) bond motifs is 1. The van der Waals surface area contributed by atoms with E-state index in [1.54, 1.807) is 7.05 Å². The third-order valence-electron chi connectivity index (χ3n) is 2.62. The van der Waals surface area contributed by atoms with E-state index in [9.17, 15) is 14.4 Å². The van der Waals surface area contributed by atoms with Gasteiger partial charge in [0, 0.05) is 21.1 Å². The summed E-state index contributed by atoms with van der Waals surface area (Å²) in [7, 11) is 4.45. The Morgan fingerprint density at radius 2 is 1.69 bits per heavy atom. The Labute approximate surface area is 89.6 Å². The van der Waals surface area contributed by atoms with E-state index in [0.29, 0.717) is 6.29 Å². The van der Waals surface area contributed by atoms with E-state index in [0.717, 1.165) is 4.57 Å². The second-order valence-electron chi connectivity index (χ2n) is 3.52. The molecule has 0 fully saturated rings. The first kappa shape index (κ1) is 10.3. The zero-order valence-electron chi connectivity index (χ0n) is 9.09. The maximum atomic E-state index is 11.8. The number of carbonyl (C=O) groups is 1. The number of aromatic nitrogens is 4. The van der Waals surface area contributed by atoms with Gasteiger partial charge < -0.3 is 4.57 Å². The van der Waals surface area contributed by atoms with Crippen LogP contribution in [0.3, 0.4) is 0 Å². The highest BCUT2D eigenvalue weighted by Gasteiger charge is 2.15. The van der Waals surface area contributed by atoms with Gasteiger partial charge in [0.1, 0.15) is 0 Å². The van der Waals surface area contributed by atoms with Crippen molar-refractivity contribution in [2.75, 3.05) is 0 Å². The summed E-state index contributed by atoms with van der Waals surface area (Å²) in [5.41, 5.74) is -0.460. The Kier molecular flexibility index (Phi) is 2.04. The smallest absolute Gasteiger partial charge is 0.319 e. The van der Waals surface area contributed by atoms with E-state index in [1.807, 2.05) is 0 Å². The van der Waals surface area contributed by atoms with Gasteiger partial charge in [-0.3, -0.25) is 18.7 Å². The van der Waals surface area contributed by atoms with Crippen molar-refractivity contribution in [2.24, 2.45) is 21.1 Å². The molecule has 16 heavy (non-hydrogen) atoms. The van der Waals surface area contributed by atoms with E-state index in [-0.39, 0.29) is 17.0 Å². The molecule has 0 amide bonds. The van der Waals surface area contributed by atoms with Gasteiger partial charge in [0.25, 0.3) is 5.56 Å². The third kappa shape index (κ3) is 1.08. The lowest BCUT2D eigenvalue weighted by molar-refractivity contribution is 0.111. The monoisotopic (exact) mass is 222 g/mol. The fraction of sp³-hybridized carbons (Fsp3) is 0.333. The normalized spacial score (nSPS) is 10.9. The van der Waals surface area contributed by atoms with E-state index in [4.69, 9.17) is 0 Å². The average Bonchev–Trinajstić information content (AvgIpc) is 2.61. The number of carbonyl (C=O) groups excluding carboxylic acids is 1. The number of rotatable bonds is 1. The lowest BCUT2D eigenvalue weighted by Gasteiger charge is -2.02. The summed E-state index contributed by atoms with van der Waals surface area (Å²) < 4.78 is 3.60. The van der Waals surface area contributed by atoms with Crippen molar-refractivity contribution in [3.8, 4) is 0 Å². The van der Waals surface area contributed by atoms with Gasteiger partial charge >= 0.3 is 5.69 Å². The number of aryl methyl sites for hydroxylation is 2. The van der Waals surface area contributed by atoms with Gasteiger partial charge in [0.15, 0.2) is 23.3 Å². The first-order valence-electron chi connectivity index (χ1n) is 4.56. The second kappa shape index (κ2) is 3.16. The van der Waals surface area contributed by atoms with Crippen LogP contribution < -0.4 is 11.2 Å². The Balaban J connectivity index is 3.19. The van der Waals surface area contributed by atoms with Crippen molar-refractivity contribution in [1.82, 2.24) is 18.7 Å². The van der Waals surface area contributed by atoms with Crippen LogP contribution in [0, 0.1) is 0 Å². The first-order chi connectivity index (χ1) is 7.49. The maximum absolute atomic E-state index is 11.8. The maximum Gasteiger partial charge on any atom is 0.332 e. The molecule has 2 heterocycles. The molecule has 2 rings (SSSR count). The molecule has 84 valence electrons. The molecule has 0 N–H and O–H groups in total. The summed E-state index contributed by atoms with van der Waals surface area (Å²) in [5, 5.41) is 0. The van der Waals surface area contributed by atoms with E-state index < -0.39 is 11.2 Å². The molecule has 0 aliphatic rings. The molecule has 0 aliphatic heterocycles. The summed E-state index contributed by atoms with van der Waals surface area (Å²) in [6, 6.07) is 0. The average molecular weight is 222 g/mol. The van der Waals surface area contributed by atoms with Gasteiger partial charge in [0.05, 0.1) is 0 Å². The fourth-order valence-corrected chi connectivity index (χ4v) is 1.64. The highest BCUT2D eigenvalue weighted by molar-refractivity contribution is 5.80. The van der Waals surface area contributed by atoms with Crippen molar-refractivity contribution in [3.05, 3.63) is 26.7 Å². The summed E-state index contributed by atoms with van der Waals surface area (Å²) in [6.45, 7) is 0. The molecule has 0 unspecified atom stereocenters. The minimum absolute atomic E-state index is 0.119. The highest BCUT2D eigenvalue weighted by atomic mass is 16.2. The molecule has 2 aromatic heterocycles. The van der Waals surface area contributed by atoms with E-state index in [1.165, 1.54) is 23.2 Å². The SMILES string of the molecule is Cn1c(=O)c2c(nc(C=O)n2C)n(C)c1=O. The summed E-state index contributed by atoms with van der Waals surface area (Å²) >= 11 is 0. The van der Waals surface area contributed by atoms with Crippen LogP contribution >= 0.6 is 0 Å². The highest BCUT2D eigenvalue weighted by Crippen LogP contribution is 2.06. The zero-order valence-corrected chi connectivity index (χ0v) is 9.09. The predicted octanol–water partition coefficient (Wildman–Crippen LogP) is -1.22. The lowest BCUT2D eigenvalue weighted by atomic mass is 10.5. The summed E-state index contributed by atoms with van der Waals surface area (Å²) in [6.07, 6.45) is 0.546. The molecule has 0 saturated heterocycles. The Morgan fingerprint density at radius 3 is 2.25 bits per heavy atom. The molecule has 0 aromatic carbocycles. The topological polar surface area (TPSA) is 78.9 Å². The molecular formula is C9H10N4O3. The van der Waals surface area contributed by atoms with Crippen LogP contribution in [0.4, 0.5) is 0 Å². The molecule has 0 saturated carbocycles. The Morgan fingerprint density at radius 1 is 1.06 bits per heavy atom. The van der Waals surface area contributed by atoms with Crippen molar-refractivity contribution in [1.29, 1.82) is 0 Å². The van der Waals surface area contributed by atoms with Gasteiger partial charge in [0.2, 0.25) is 0 Å². The van der Waals surface area contributed by atoms with Gasteiger partial charge in [-0.2, -0.15) is 0 Å². The minimum Gasteiger partial charge on any atom is -0.319 e. The number of aldehydes is 1. The standard InChI is InChI=1S/C9H10N4O3/c1-11-5(4-14)10-7-6(11)8(15)13(3)9(16)12(7)2/h4H,1-3H3. The van der Waals surface area contributed by atoms with Crippen LogP contribution in [-0.2, 0) is 21.1 Å². The van der Waals surface area contributed by atoms with Crippen LogP contribution in [-0.4, -0.2) is 25.0 Å². The van der Waals surface area contributed by atoms with Crippen LogP contribution in [0.1, 0.15) is 10.6 Å². The molecule has 7 nitrogen and oxygen atoms in total. The van der Waals surface area contributed by atoms with Crippen LogP contribution in [0.15, 0.2) is 9.59 Å². The Bertz CT molecular complexity index is 704. The second-order valence-corrected chi connectivity index (χ2v) is 3.52. The number of imidazole rings is 1. The van der Waals surface area contributed by atoms with Crippen LogP contribution in [0.25, 0.3) is 11.2 Å². The van der Waals surface area contributed by atoms with Crippen LogP contribution in [0.5, 0.6) is 0 Å². The largest absolute Gasteiger partial charge is 0.332 e. The van der Waals surface area contributed by atoms with E-state index in [2.05, 4.69) is 4.98 Å². The fourth-order valence-electron chi connectivity index (χ4n) is 1.64. The van der Waals surface area contributed by atoms with Gasteiger partial charge in [-0.1, -0.05) is 0 Å². The Hall–Kier alpha value is -2.18.